The summed E-state index contributed by atoms with van der Waals surface area (Å²) < 4.78 is 27.2. The highest BCUT2D eigenvalue weighted by Gasteiger charge is 2.35. The first kappa shape index (κ1) is 19.8. The third-order valence-corrected chi connectivity index (χ3v) is 8.72. The highest BCUT2D eigenvalue weighted by atomic mass is 32.2. The van der Waals surface area contributed by atoms with Crippen molar-refractivity contribution >= 4 is 27.3 Å². The standard InChI is InChI=1S/C18H29N3O3S2/c1-14-11-15(2)13-20(12-14)18(22)16(3)19-6-8-21(9-7-19)26(23,24)17-5-4-10-25-17/h4-5,10,14-16H,6-9,11-13H2,1-3H3/t14-,15-,16+/m0/s1. The molecule has 0 aromatic carbocycles. The van der Waals surface area contributed by atoms with Crippen LogP contribution in [0.4, 0.5) is 0 Å². The maximum atomic E-state index is 12.9. The highest BCUT2D eigenvalue weighted by molar-refractivity contribution is 7.91. The van der Waals surface area contributed by atoms with Crippen molar-refractivity contribution in [2.45, 2.75) is 37.4 Å². The summed E-state index contributed by atoms with van der Waals surface area (Å²) in [7, 11) is -3.39. The van der Waals surface area contributed by atoms with Gasteiger partial charge in [0.1, 0.15) is 4.21 Å². The third-order valence-electron chi connectivity index (χ3n) is 5.45. The van der Waals surface area contributed by atoms with Gasteiger partial charge in [-0.15, -0.1) is 11.3 Å². The van der Waals surface area contributed by atoms with Crippen molar-refractivity contribution in [2.24, 2.45) is 11.8 Å². The normalized spacial score (nSPS) is 27.4. The summed E-state index contributed by atoms with van der Waals surface area (Å²) in [5.74, 6) is 1.27. The summed E-state index contributed by atoms with van der Waals surface area (Å²) >= 11 is 1.25. The van der Waals surface area contributed by atoms with E-state index in [1.807, 2.05) is 11.8 Å². The third kappa shape index (κ3) is 4.13. The lowest BCUT2D eigenvalue weighted by molar-refractivity contribution is -0.139. The molecule has 0 N–H and O–H groups in total. The second-order valence-electron chi connectivity index (χ2n) is 7.74. The average molecular weight is 400 g/mol. The summed E-state index contributed by atoms with van der Waals surface area (Å²) in [6, 6.07) is 3.21. The van der Waals surface area contributed by atoms with Crippen LogP contribution in [-0.4, -0.2) is 73.7 Å². The number of rotatable bonds is 4. The van der Waals surface area contributed by atoms with Crippen molar-refractivity contribution in [3.63, 3.8) is 0 Å². The number of nitrogens with zero attached hydrogens (tertiary/aromatic N) is 3. The Kier molecular flexibility index (Phi) is 6.06. The molecule has 1 aromatic rings. The summed E-state index contributed by atoms with van der Waals surface area (Å²) in [5, 5.41) is 1.78. The van der Waals surface area contributed by atoms with Gasteiger partial charge in [0.25, 0.3) is 10.0 Å². The van der Waals surface area contributed by atoms with Crippen LogP contribution in [0.3, 0.4) is 0 Å². The Bertz CT molecular complexity index is 702. The van der Waals surface area contributed by atoms with E-state index in [0.717, 1.165) is 13.1 Å². The Hall–Kier alpha value is -0.960. The number of amides is 1. The fourth-order valence-electron chi connectivity index (χ4n) is 4.13. The minimum atomic E-state index is -3.39. The molecule has 0 bridgehead atoms. The van der Waals surface area contributed by atoms with E-state index in [-0.39, 0.29) is 11.9 Å². The van der Waals surface area contributed by atoms with Crippen LogP contribution in [0.25, 0.3) is 0 Å². The molecule has 3 atom stereocenters. The maximum Gasteiger partial charge on any atom is 0.252 e. The lowest BCUT2D eigenvalue weighted by Crippen LogP contribution is -2.56. The first-order valence-corrected chi connectivity index (χ1v) is 11.7. The molecule has 0 aliphatic carbocycles. The molecular weight excluding hydrogens is 370 g/mol. The van der Waals surface area contributed by atoms with E-state index in [4.69, 9.17) is 0 Å². The zero-order valence-electron chi connectivity index (χ0n) is 15.8. The quantitative estimate of drug-likeness (QED) is 0.776. The van der Waals surface area contributed by atoms with E-state index in [0.29, 0.717) is 42.2 Å². The molecule has 1 aromatic heterocycles. The monoisotopic (exact) mass is 399 g/mol. The number of carbonyl (C=O) groups is 1. The number of carbonyl (C=O) groups excluding carboxylic acids is 1. The minimum Gasteiger partial charge on any atom is -0.341 e. The van der Waals surface area contributed by atoms with Gasteiger partial charge in [0.15, 0.2) is 0 Å². The van der Waals surface area contributed by atoms with Crippen LogP contribution < -0.4 is 0 Å². The van der Waals surface area contributed by atoms with Gasteiger partial charge in [-0.3, -0.25) is 9.69 Å². The van der Waals surface area contributed by atoms with E-state index in [1.165, 1.54) is 22.1 Å². The van der Waals surface area contributed by atoms with Gasteiger partial charge < -0.3 is 4.90 Å². The number of thiophene rings is 1. The van der Waals surface area contributed by atoms with Gasteiger partial charge in [0, 0.05) is 39.3 Å². The second-order valence-corrected chi connectivity index (χ2v) is 10.8. The number of piperidine rings is 1. The Morgan fingerprint density at radius 3 is 2.31 bits per heavy atom. The lowest BCUT2D eigenvalue weighted by Gasteiger charge is -2.41. The van der Waals surface area contributed by atoms with E-state index >= 15 is 0 Å². The van der Waals surface area contributed by atoms with Crippen molar-refractivity contribution in [1.29, 1.82) is 0 Å². The maximum absolute atomic E-state index is 12.9. The fourth-order valence-corrected chi connectivity index (χ4v) is 6.70. The molecule has 0 unspecified atom stereocenters. The zero-order valence-corrected chi connectivity index (χ0v) is 17.4. The Balaban J connectivity index is 1.58. The van der Waals surface area contributed by atoms with Crippen LogP contribution in [0.15, 0.2) is 21.7 Å². The highest BCUT2D eigenvalue weighted by Crippen LogP contribution is 2.24. The molecule has 3 rings (SSSR count). The Morgan fingerprint density at radius 2 is 1.77 bits per heavy atom. The van der Waals surface area contributed by atoms with Gasteiger partial charge in [-0.2, -0.15) is 4.31 Å². The summed E-state index contributed by atoms with van der Waals surface area (Å²) in [4.78, 5) is 17.0. The summed E-state index contributed by atoms with van der Waals surface area (Å²) in [6.07, 6.45) is 1.18. The molecule has 2 fully saturated rings. The van der Waals surface area contributed by atoms with Gasteiger partial charge in [0.2, 0.25) is 5.91 Å². The summed E-state index contributed by atoms with van der Waals surface area (Å²) in [5.41, 5.74) is 0. The molecule has 26 heavy (non-hydrogen) atoms. The molecule has 1 amide bonds. The van der Waals surface area contributed by atoms with Crippen molar-refractivity contribution in [3.8, 4) is 0 Å². The largest absolute Gasteiger partial charge is 0.341 e. The molecule has 2 aliphatic rings. The van der Waals surface area contributed by atoms with Crippen LogP contribution in [0.2, 0.25) is 0 Å². The van der Waals surface area contributed by atoms with Gasteiger partial charge in [-0.05, 0) is 36.6 Å². The van der Waals surface area contributed by atoms with Crippen LogP contribution in [-0.2, 0) is 14.8 Å². The molecule has 0 radical (unpaired) electrons. The fraction of sp³-hybridized carbons (Fsp3) is 0.722. The van der Waals surface area contributed by atoms with E-state index in [2.05, 4.69) is 18.7 Å². The van der Waals surface area contributed by atoms with Crippen molar-refractivity contribution in [3.05, 3.63) is 17.5 Å². The first-order chi connectivity index (χ1) is 12.3. The smallest absolute Gasteiger partial charge is 0.252 e. The van der Waals surface area contributed by atoms with E-state index in [9.17, 15) is 13.2 Å². The number of likely N-dealkylation sites (tertiary alicyclic amines) is 1. The van der Waals surface area contributed by atoms with Gasteiger partial charge >= 0.3 is 0 Å². The molecular formula is C18H29N3O3S2. The van der Waals surface area contributed by atoms with E-state index in [1.54, 1.807) is 17.5 Å². The van der Waals surface area contributed by atoms with Gasteiger partial charge in [-0.25, -0.2) is 8.42 Å². The Labute approximate surface area is 160 Å². The molecule has 0 saturated carbocycles. The Morgan fingerprint density at radius 1 is 1.15 bits per heavy atom. The number of sulfonamides is 1. The molecule has 2 aliphatic heterocycles. The molecule has 6 nitrogen and oxygen atoms in total. The van der Waals surface area contributed by atoms with Crippen LogP contribution in [0, 0.1) is 11.8 Å². The topological polar surface area (TPSA) is 60.9 Å². The number of piperazine rings is 1. The predicted octanol–water partition coefficient (Wildman–Crippen LogP) is 1.95. The van der Waals surface area contributed by atoms with Crippen LogP contribution in [0.1, 0.15) is 27.2 Å². The second kappa shape index (κ2) is 7.96. The van der Waals surface area contributed by atoms with Crippen molar-refractivity contribution in [2.75, 3.05) is 39.3 Å². The summed E-state index contributed by atoms with van der Waals surface area (Å²) in [6.45, 7) is 10.1. The van der Waals surface area contributed by atoms with Crippen molar-refractivity contribution < 1.29 is 13.2 Å². The van der Waals surface area contributed by atoms with Crippen LogP contribution in [0.5, 0.6) is 0 Å². The van der Waals surface area contributed by atoms with Crippen LogP contribution >= 0.6 is 11.3 Å². The molecule has 146 valence electrons. The molecule has 3 heterocycles. The average Bonchev–Trinajstić information content (AvgIpc) is 3.15. The minimum absolute atomic E-state index is 0.179. The molecule has 0 spiro atoms. The van der Waals surface area contributed by atoms with Gasteiger partial charge in [0.05, 0.1) is 6.04 Å². The molecule has 2 saturated heterocycles. The predicted molar refractivity (Wildman–Crippen MR) is 104 cm³/mol. The lowest BCUT2D eigenvalue weighted by atomic mass is 9.91. The van der Waals surface area contributed by atoms with E-state index < -0.39 is 10.0 Å². The first-order valence-electron chi connectivity index (χ1n) is 9.35. The molecule has 8 heteroatoms. The van der Waals surface area contributed by atoms with Gasteiger partial charge in [-0.1, -0.05) is 19.9 Å². The number of hydrogen-bond acceptors (Lipinski definition) is 5. The zero-order chi connectivity index (χ0) is 18.9. The number of hydrogen-bond donors (Lipinski definition) is 0. The SMILES string of the molecule is C[C@H]1C[C@H](C)CN(C(=O)[C@@H](C)N2CCN(S(=O)(=O)c3cccs3)CC2)C1. The van der Waals surface area contributed by atoms with Crippen molar-refractivity contribution in [1.82, 2.24) is 14.1 Å².